The molecule has 0 spiro atoms. The van der Waals surface area contributed by atoms with Gasteiger partial charge in [0.1, 0.15) is 11.6 Å². The average Bonchev–Trinajstić information content (AvgIpc) is 2.79. The fourth-order valence-electron chi connectivity index (χ4n) is 4.66. The van der Waals surface area contributed by atoms with E-state index in [0.717, 1.165) is 67.4 Å². The van der Waals surface area contributed by atoms with Crippen LogP contribution in [0.3, 0.4) is 0 Å². The molecule has 1 fully saturated rings. The molecule has 1 aromatic heterocycles. The predicted octanol–water partition coefficient (Wildman–Crippen LogP) is 3.11. The van der Waals surface area contributed by atoms with Crippen molar-refractivity contribution in [3.63, 3.8) is 0 Å². The molecule has 0 unspecified atom stereocenters. The fourth-order valence-corrected chi connectivity index (χ4v) is 4.66. The van der Waals surface area contributed by atoms with Crippen LogP contribution >= 0.6 is 0 Å². The summed E-state index contributed by atoms with van der Waals surface area (Å²) < 4.78 is 0. The number of rotatable bonds is 5. The van der Waals surface area contributed by atoms with Crippen LogP contribution in [0.4, 0.5) is 11.5 Å². The first-order valence-corrected chi connectivity index (χ1v) is 11.4. The number of hydrogen-bond donors (Lipinski definition) is 2. The Hall–Kier alpha value is -3.00. The third-order valence-corrected chi connectivity index (χ3v) is 6.33. The number of likely N-dealkylation sites (tertiary alicyclic amines) is 1. The average molecular weight is 437 g/mol. The third kappa shape index (κ3) is 4.91. The van der Waals surface area contributed by atoms with Gasteiger partial charge in [-0.25, -0.2) is 9.97 Å². The summed E-state index contributed by atoms with van der Waals surface area (Å²) in [5.41, 5.74) is 4.11. The van der Waals surface area contributed by atoms with Crippen LogP contribution < -0.4 is 10.6 Å². The molecular formula is C24H32N6O2. The Bertz CT molecular complexity index is 973. The first kappa shape index (κ1) is 22.2. The molecule has 1 atom stereocenters. The van der Waals surface area contributed by atoms with Gasteiger partial charge in [0.05, 0.1) is 18.3 Å². The molecule has 32 heavy (non-hydrogen) atoms. The van der Waals surface area contributed by atoms with Gasteiger partial charge in [0.15, 0.2) is 0 Å². The van der Waals surface area contributed by atoms with Crippen LogP contribution in [0.15, 0.2) is 24.3 Å². The van der Waals surface area contributed by atoms with Crippen LogP contribution in [-0.2, 0) is 29.1 Å². The number of benzene rings is 1. The highest BCUT2D eigenvalue weighted by atomic mass is 16.2. The zero-order valence-corrected chi connectivity index (χ0v) is 19.1. The number of carbonyl (C=O) groups excluding carboxylic acids is 2. The topological polar surface area (TPSA) is 90.5 Å². The van der Waals surface area contributed by atoms with E-state index in [2.05, 4.69) is 27.7 Å². The number of amides is 2. The Morgan fingerprint density at radius 3 is 2.56 bits per heavy atom. The lowest BCUT2D eigenvalue weighted by Gasteiger charge is -2.36. The van der Waals surface area contributed by atoms with Crippen molar-refractivity contribution in [2.45, 2.75) is 58.7 Å². The van der Waals surface area contributed by atoms with Crippen molar-refractivity contribution >= 4 is 23.3 Å². The monoisotopic (exact) mass is 436 g/mol. The van der Waals surface area contributed by atoms with E-state index in [1.807, 2.05) is 24.1 Å². The van der Waals surface area contributed by atoms with E-state index in [0.29, 0.717) is 13.1 Å². The zero-order chi connectivity index (χ0) is 22.7. The molecule has 0 saturated carbocycles. The van der Waals surface area contributed by atoms with Gasteiger partial charge in [-0.05, 0) is 37.1 Å². The van der Waals surface area contributed by atoms with Gasteiger partial charge in [0.25, 0.3) is 0 Å². The standard InChI is InChI=1S/C24H32N6O2/c1-16(31)26-19-9-7-18(8-10-19)14-30-12-5-4-6-22(30)24-27-21-11-13-29(17(2)32)15-20(21)23(25-3)28-24/h7-10,22H,4-6,11-15H2,1-3H3,(H,26,31)(H,25,27,28)/t22-/m1/s1. The third-order valence-electron chi connectivity index (χ3n) is 6.33. The maximum atomic E-state index is 11.9. The molecule has 1 saturated heterocycles. The highest BCUT2D eigenvalue weighted by molar-refractivity contribution is 5.88. The van der Waals surface area contributed by atoms with Gasteiger partial charge in [-0.2, -0.15) is 0 Å². The number of nitrogens with one attached hydrogen (secondary N) is 2. The van der Waals surface area contributed by atoms with Crippen LogP contribution in [0.2, 0.25) is 0 Å². The van der Waals surface area contributed by atoms with E-state index in [1.165, 1.54) is 12.5 Å². The quantitative estimate of drug-likeness (QED) is 0.749. The maximum Gasteiger partial charge on any atom is 0.221 e. The summed E-state index contributed by atoms with van der Waals surface area (Å²) in [5, 5.41) is 6.06. The molecule has 2 aliphatic heterocycles. The molecule has 2 aromatic rings. The van der Waals surface area contributed by atoms with Gasteiger partial charge < -0.3 is 15.5 Å². The van der Waals surface area contributed by atoms with Crippen molar-refractivity contribution in [1.82, 2.24) is 19.8 Å². The minimum absolute atomic E-state index is 0.0647. The van der Waals surface area contributed by atoms with E-state index in [4.69, 9.17) is 9.97 Å². The second-order valence-electron chi connectivity index (χ2n) is 8.66. The summed E-state index contributed by atoms with van der Waals surface area (Å²) in [4.78, 5) is 37.3. The Kier molecular flexibility index (Phi) is 6.69. The Balaban J connectivity index is 1.56. The van der Waals surface area contributed by atoms with Gasteiger partial charge in [-0.3, -0.25) is 14.5 Å². The first-order valence-electron chi connectivity index (χ1n) is 11.4. The minimum atomic E-state index is -0.0647. The normalized spacial score (nSPS) is 18.7. The second kappa shape index (κ2) is 9.65. The van der Waals surface area contributed by atoms with Gasteiger partial charge in [0.2, 0.25) is 11.8 Å². The number of anilines is 2. The summed E-state index contributed by atoms with van der Waals surface area (Å²) in [7, 11) is 1.88. The summed E-state index contributed by atoms with van der Waals surface area (Å²) in [5.74, 6) is 1.73. The van der Waals surface area contributed by atoms with Crippen molar-refractivity contribution in [3.8, 4) is 0 Å². The van der Waals surface area contributed by atoms with E-state index >= 15 is 0 Å². The van der Waals surface area contributed by atoms with E-state index < -0.39 is 0 Å². The van der Waals surface area contributed by atoms with Crippen LogP contribution in [0.1, 0.15) is 61.8 Å². The Morgan fingerprint density at radius 2 is 1.88 bits per heavy atom. The van der Waals surface area contributed by atoms with Crippen molar-refractivity contribution in [2.75, 3.05) is 30.8 Å². The number of nitrogens with zero attached hydrogens (tertiary/aromatic N) is 4. The molecule has 0 radical (unpaired) electrons. The van der Waals surface area contributed by atoms with E-state index in [-0.39, 0.29) is 17.9 Å². The molecule has 2 N–H and O–H groups in total. The van der Waals surface area contributed by atoms with Crippen molar-refractivity contribution < 1.29 is 9.59 Å². The minimum Gasteiger partial charge on any atom is -0.373 e. The Labute approximate surface area is 189 Å². The van der Waals surface area contributed by atoms with Crippen LogP contribution in [0, 0.1) is 0 Å². The molecule has 2 aliphatic rings. The van der Waals surface area contributed by atoms with E-state index in [1.54, 1.807) is 6.92 Å². The van der Waals surface area contributed by atoms with Crippen LogP contribution in [0.5, 0.6) is 0 Å². The predicted molar refractivity (Wildman–Crippen MR) is 124 cm³/mol. The number of piperidine rings is 1. The van der Waals surface area contributed by atoms with Gasteiger partial charge in [-0.15, -0.1) is 0 Å². The molecule has 1 aromatic carbocycles. The Morgan fingerprint density at radius 1 is 1.09 bits per heavy atom. The molecule has 170 valence electrons. The van der Waals surface area contributed by atoms with Gasteiger partial charge in [0, 0.05) is 51.7 Å². The molecule has 8 nitrogen and oxygen atoms in total. The SMILES string of the molecule is CNc1nc([C@H]2CCCCN2Cc2ccc(NC(C)=O)cc2)nc2c1CN(C(C)=O)CC2. The highest BCUT2D eigenvalue weighted by Gasteiger charge is 2.30. The van der Waals surface area contributed by atoms with Crippen LogP contribution in [-0.4, -0.2) is 51.7 Å². The largest absolute Gasteiger partial charge is 0.373 e. The highest BCUT2D eigenvalue weighted by Crippen LogP contribution is 2.33. The van der Waals surface area contributed by atoms with E-state index in [9.17, 15) is 9.59 Å². The number of fused-ring (bicyclic) bond motifs is 1. The molecular weight excluding hydrogens is 404 g/mol. The summed E-state index contributed by atoms with van der Waals surface area (Å²) in [6.45, 7) is 6.22. The maximum absolute atomic E-state index is 11.9. The lowest BCUT2D eigenvalue weighted by molar-refractivity contribution is -0.129. The van der Waals surface area contributed by atoms with Gasteiger partial charge >= 0.3 is 0 Å². The number of carbonyl (C=O) groups is 2. The second-order valence-corrected chi connectivity index (χ2v) is 8.66. The van der Waals surface area contributed by atoms with Crippen molar-refractivity contribution in [3.05, 3.63) is 46.9 Å². The van der Waals surface area contributed by atoms with Crippen molar-refractivity contribution in [2.24, 2.45) is 0 Å². The van der Waals surface area contributed by atoms with Crippen LogP contribution in [0.25, 0.3) is 0 Å². The molecule has 4 rings (SSSR count). The lowest BCUT2D eigenvalue weighted by atomic mass is 9.99. The summed E-state index contributed by atoms with van der Waals surface area (Å²) in [6, 6.07) is 8.21. The smallest absolute Gasteiger partial charge is 0.221 e. The molecule has 0 bridgehead atoms. The first-order chi connectivity index (χ1) is 15.4. The van der Waals surface area contributed by atoms with Gasteiger partial charge in [-0.1, -0.05) is 18.6 Å². The summed E-state index contributed by atoms with van der Waals surface area (Å²) >= 11 is 0. The van der Waals surface area contributed by atoms with Crippen molar-refractivity contribution in [1.29, 1.82) is 0 Å². The number of hydrogen-bond acceptors (Lipinski definition) is 6. The number of aromatic nitrogens is 2. The fraction of sp³-hybridized carbons (Fsp3) is 0.500. The molecule has 2 amide bonds. The lowest BCUT2D eigenvalue weighted by Crippen LogP contribution is -2.37. The zero-order valence-electron chi connectivity index (χ0n) is 19.1. The molecule has 0 aliphatic carbocycles. The summed E-state index contributed by atoms with van der Waals surface area (Å²) in [6.07, 6.45) is 4.12. The molecule has 8 heteroatoms. The molecule has 3 heterocycles.